The van der Waals surface area contributed by atoms with E-state index in [9.17, 15) is 5.26 Å². The average Bonchev–Trinajstić information content (AvgIpc) is 3.58. The molecule has 0 saturated carbocycles. The molecule has 0 N–H and O–H groups in total. The maximum absolute atomic E-state index is 10.5. The van der Waals surface area contributed by atoms with Crippen molar-refractivity contribution in [3.63, 3.8) is 0 Å². The molecule has 0 aliphatic heterocycles. The molecule has 3 heteroatoms. The molecule has 0 radical (unpaired) electrons. The van der Waals surface area contributed by atoms with Crippen LogP contribution in [0.5, 0.6) is 0 Å². The molecule has 0 unspecified atom stereocenters. The molecule has 0 amide bonds. The van der Waals surface area contributed by atoms with Gasteiger partial charge in [0.05, 0.1) is 11.6 Å². The predicted molar refractivity (Wildman–Crippen MR) is 173 cm³/mol. The van der Waals surface area contributed by atoms with Gasteiger partial charge in [-0.15, -0.1) is 22.7 Å². The van der Waals surface area contributed by atoms with Crippen LogP contribution in [0.2, 0.25) is 0 Å². The molecule has 40 heavy (non-hydrogen) atoms. The van der Waals surface area contributed by atoms with Gasteiger partial charge in [-0.2, -0.15) is 5.26 Å². The van der Waals surface area contributed by atoms with Crippen LogP contribution >= 0.6 is 22.7 Å². The Morgan fingerprint density at radius 3 is 1.62 bits per heavy atom. The fraction of sp³-hybridized carbons (Fsp3) is 0. The Hall–Kier alpha value is -4.75. The SMILES string of the molecule is N#Cc1cc(-c2ccccc2)cc(-c2ccc3sc4ccccc4c3c2)c1-c1ccc2sc3ccccc3c2c1. The normalized spacial score (nSPS) is 11.5. The summed E-state index contributed by atoms with van der Waals surface area (Å²) in [6, 6.07) is 47.8. The first kappa shape index (κ1) is 23.2. The summed E-state index contributed by atoms with van der Waals surface area (Å²) in [7, 11) is 0. The highest BCUT2D eigenvalue weighted by Gasteiger charge is 2.18. The van der Waals surface area contributed by atoms with Crippen LogP contribution < -0.4 is 0 Å². The topological polar surface area (TPSA) is 23.8 Å². The van der Waals surface area contributed by atoms with Gasteiger partial charge in [0.1, 0.15) is 0 Å². The smallest absolute Gasteiger partial charge is 0.0998 e. The van der Waals surface area contributed by atoms with Crippen molar-refractivity contribution in [2.75, 3.05) is 0 Å². The second kappa shape index (κ2) is 9.17. The third kappa shape index (κ3) is 3.66. The van der Waals surface area contributed by atoms with E-state index in [2.05, 4.69) is 109 Å². The fourth-order valence-corrected chi connectivity index (χ4v) is 8.01. The van der Waals surface area contributed by atoms with Gasteiger partial charge in [-0.05, 0) is 76.3 Å². The van der Waals surface area contributed by atoms with Gasteiger partial charge in [0, 0.05) is 45.9 Å². The monoisotopic (exact) mass is 543 g/mol. The second-order valence-corrected chi connectivity index (χ2v) is 12.2. The summed E-state index contributed by atoms with van der Waals surface area (Å²) in [4.78, 5) is 0. The van der Waals surface area contributed by atoms with Gasteiger partial charge in [0.15, 0.2) is 0 Å². The van der Waals surface area contributed by atoms with Crippen LogP contribution in [0.25, 0.3) is 73.7 Å². The first-order chi connectivity index (χ1) is 19.8. The molecule has 8 rings (SSSR count). The number of thiophene rings is 2. The van der Waals surface area contributed by atoms with Crippen molar-refractivity contribution in [2.45, 2.75) is 0 Å². The zero-order chi connectivity index (χ0) is 26.6. The molecule has 0 aliphatic rings. The lowest BCUT2D eigenvalue weighted by molar-refractivity contribution is 1.47. The summed E-state index contributed by atoms with van der Waals surface area (Å²) in [5, 5.41) is 15.5. The Balaban J connectivity index is 1.44. The highest BCUT2D eigenvalue weighted by Crippen LogP contribution is 2.44. The zero-order valence-electron chi connectivity index (χ0n) is 21.4. The van der Waals surface area contributed by atoms with Gasteiger partial charge < -0.3 is 0 Å². The minimum atomic E-state index is 0.686. The number of hydrogen-bond donors (Lipinski definition) is 0. The summed E-state index contributed by atoms with van der Waals surface area (Å²) >= 11 is 3.64. The van der Waals surface area contributed by atoms with Crippen molar-refractivity contribution in [3.05, 3.63) is 133 Å². The molecular formula is C37H21NS2. The van der Waals surface area contributed by atoms with Gasteiger partial charge in [-0.25, -0.2) is 0 Å². The summed E-state index contributed by atoms with van der Waals surface area (Å²) in [5.41, 5.74) is 7.09. The van der Waals surface area contributed by atoms with Crippen molar-refractivity contribution in [3.8, 4) is 39.4 Å². The standard InChI is InChI=1S/C37H21NS2/c38-22-27-18-26(23-8-2-1-3-9-23)21-30(24-14-16-35-31(19-24)28-10-4-6-12-33(28)39-35)37(27)25-15-17-36-32(20-25)29-11-5-7-13-34(29)40-36/h1-21H. The van der Waals surface area contributed by atoms with E-state index >= 15 is 0 Å². The molecule has 1 nitrogen and oxygen atoms in total. The van der Waals surface area contributed by atoms with E-state index in [0.717, 1.165) is 33.4 Å². The van der Waals surface area contributed by atoms with Crippen molar-refractivity contribution < 1.29 is 0 Å². The van der Waals surface area contributed by atoms with E-state index in [-0.39, 0.29) is 0 Å². The molecule has 6 aromatic carbocycles. The Labute approximate surface area is 239 Å². The van der Waals surface area contributed by atoms with E-state index in [1.54, 1.807) is 0 Å². The van der Waals surface area contributed by atoms with E-state index in [1.165, 1.54) is 40.3 Å². The lowest BCUT2D eigenvalue weighted by Crippen LogP contribution is -1.93. The molecule has 0 spiro atoms. The van der Waals surface area contributed by atoms with E-state index < -0.39 is 0 Å². The molecule has 0 fully saturated rings. The lowest BCUT2D eigenvalue weighted by Gasteiger charge is -2.16. The summed E-state index contributed by atoms with van der Waals surface area (Å²) in [6.07, 6.45) is 0. The highest BCUT2D eigenvalue weighted by molar-refractivity contribution is 7.26. The molecule has 8 aromatic rings. The van der Waals surface area contributed by atoms with Gasteiger partial charge in [-0.1, -0.05) is 78.9 Å². The van der Waals surface area contributed by atoms with Crippen molar-refractivity contribution in [1.29, 1.82) is 5.26 Å². The minimum absolute atomic E-state index is 0.686. The quantitative estimate of drug-likeness (QED) is 0.217. The number of hydrogen-bond acceptors (Lipinski definition) is 3. The largest absolute Gasteiger partial charge is 0.192 e. The van der Waals surface area contributed by atoms with Crippen molar-refractivity contribution >= 4 is 63.0 Å². The van der Waals surface area contributed by atoms with Gasteiger partial charge >= 0.3 is 0 Å². The molecule has 186 valence electrons. The molecule has 0 saturated heterocycles. The molecule has 2 aromatic heterocycles. The molecule has 0 atom stereocenters. The van der Waals surface area contributed by atoms with E-state index in [0.29, 0.717) is 5.56 Å². The minimum Gasteiger partial charge on any atom is -0.192 e. The number of nitrogens with zero attached hydrogens (tertiary/aromatic N) is 1. The van der Waals surface area contributed by atoms with E-state index in [4.69, 9.17) is 0 Å². The van der Waals surface area contributed by atoms with Gasteiger partial charge in [0.2, 0.25) is 0 Å². The van der Waals surface area contributed by atoms with Crippen LogP contribution in [0.15, 0.2) is 127 Å². The molecular weight excluding hydrogens is 523 g/mol. The Kier molecular flexibility index (Phi) is 5.31. The number of rotatable bonds is 3. The number of benzene rings is 6. The van der Waals surface area contributed by atoms with Crippen LogP contribution in [-0.4, -0.2) is 0 Å². The molecule has 0 bridgehead atoms. The molecule has 2 heterocycles. The summed E-state index contributed by atoms with van der Waals surface area (Å²) < 4.78 is 5.11. The fourth-order valence-electron chi connectivity index (χ4n) is 5.84. The highest BCUT2D eigenvalue weighted by atomic mass is 32.1. The van der Waals surface area contributed by atoms with Crippen LogP contribution in [0.3, 0.4) is 0 Å². The average molecular weight is 544 g/mol. The van der Waals surface area contributed by atoms with Crippen molar-refractivity contribution in [1.82, 2.24) is 0 Å². The first-order valence-electron chi connectivity index (χ1n) is 13.2. The zero-order valence-corrected chi connectivity index (χ0v) is 23.0. The van der Waals surface area contributed by atoms with Gasteiger partial charge in [-0.3, -0.25) is 0 Å². The predicted octanol–water partition coefficient (Wildman–Crippen LogP) is 11.3. The lowest BCUT2D eigenvalue weighted by atomic mass is 9.86. The van der Waals surface area contributed by atoms with Crippen LogP contribution in [-0.2, 0) is 0 Å². The van der Waals surface area contributed by atoms with Gasteiger partial charge in [0.25, 0.3) is 0 Å². The van der Waals surface area contributed by atoms with Crippen molar-refractivity contribution in [2.24, 2.45) is 0 Å². The maximum atomic E-state index is 10.5. The first-order valence-corrected chi connectivity index (χ1v) is 14.9. The number of nitriles is 1. The van der Waals surface area contributed by atoms with Crippen LogP contribution in [0.4, 0.5) is 0 Å². The van der Waals surface area contributed by atoms with Crippen LogP contribution in [0.1, 0.15) is 5.56 Å². The van der Waals surface area contributed by atoms with Crippen LogP contribution in [0, 0.1) is 11.3 Å². The third-order valence-corrected chi connectivity index (χ3v) is 10.0. The van der Waals surface area contributed by atoms with E-state index in [1.807, 2.05) is 46.9 Å². The third-order valence-electron chi connectivity index (χ3n) is 7.72. The maximum Gasteiger partial charge on any atom is 0.0998 e. The Morgan fingerprint density at radius 1 is 0.425 bits per heavy atom. The molecule has 0 aliphatic carbocycles. The Morgan fingerprint density at radius 2 is 0.975 bits per heavy atom. The second-order valence-electron chi connectivity index (χ2n) is 10.0. The number of fused-ring (bicyclic) bond motifs is 6. The summed E-state index contributed by atoms with van der Waals surface area (Å²) in [5.74, 6) is 0. The Bertz CT molecular complexity index is 2280. The summed E-state index contributed by atoms with van der Waals surface area (Å²) in [6.45, 7) is 0.